The van der Waals surface area contributed by atoms with E-state index in [1.807, 2.05) is 200 Å². The third-order valence-electron chi connectivity index (χ3n) is 14.1. The molecule has 0 bridgehead atoms. The van der Waals surface area contributed by atoms with Crippen LogP contribution in [0.2, 0.25) is 0 Å². The maximum absolute atomic E-state index is 9.66. The summed E-state index contributed by atoms with van der Waals surface area (Å²) in [4.78, 5) is 0. The van der Waals surface area contributed by atoms with Crippen LogP contribution in [0.5, 0.6) is 28.7 Å². The molecule has 10 heterocycles. The number of rotatable bonds is 8. The predicted octanol–water partition coefficient (Wildman–Crippen LogP) is 13.4. The molecule has 15 rings (SSSR count). The van der Waals surface area contributed by atoms with Crippen LogP contribution in [-0.4, -0.2) is 130 Å². The summed E-state index contributed by atoms with van der Waals surface area (Å²) >= 11 is 1.70. The number of methoxy groups -OCH3 is 2. The first-order chi connectivity index (χ1) is 50.9. The van der Waals surface area contributed by atoms with Crippen LogP contribution in [0.15, 0.2) is 248 Å². The highest BCUT2D eigenvalue weighted by molar-refractivity contribution is 9.10. The van der Waals surface area contributed by atoms with E-state index in [0.29, 0.717) is 11.5 Å². The van der Waals surface area contributed by atoms with Crippen LogP contribution < -0.4 is 76.1 Å². The van der Waals surface area contributed by atoms with Crippen molar-refractivity contribution < 1.29 is 31.0 Å². The Hall–Kier alpha value is -10.6. The van der Waals surface area contributed by atoms with Crippen molar-refractivity contribution in [1.29, 1.82) is 0 Å². The largest absolute Gasteiger partial charge is 0.643 e. The number of pyridine rings is 5. The fraction of sp³-hybridized carbons (Fsp3) is 0.110. The summed E-state index contributed by atoms with van der Waals surface area (Å²) < 4.78 is 29.6. The minimum atomic E-state index is -1.72. The van der Waals surface area contributed by atoms with Gasteiger partial charge in [-0.05, 0) is 202 Å². The number of aryl methyl sites for hydroxylation is 1. The Bertz CT molecular complexity index is 4680. The molecule has 25 nitrogen and oxygen atoms in total. The van der Waals surface area contributed by atoms with E-state index in [2.05, 4.69) is 70.1 Å². The summed E-state index contributed by atoms with van der Waals surface area (Å²) in [5.41, 5.74) is 68.9. The third-order valence-corrected chi connectivity index (χ3v) is 14.7. The molecule has 15 aromatic rings. The lowest BCUT2D eigenvalue weighted by Crippen LogP contribution is -1.94. The van der Waals surface area contributed by atoms with Gasteiger partial charge in [-0.1, -0.05) is 66.2 Å². The maximum atomic E-state index is 9.66. The molecule has 0 atom stereocenters. The number of anilines is 5. The Kier molecular flexibility index (Phi) is 38.1. The molecule has 0 aliphatic carbocycles. The van der Waals surface area contributed by atoms with Crippen molar-refractivity contribution in [2.24, 2.45) is 28.7 Å². The van der Waals surface area contributed by atoms with Crippen LogP contribution in [0.25, 0.3) is 72.1 Å². The van der Waals surface area contributed by atoms with Crippen LogP contribution in [-0.2, 0) is 0 Å². The number of aromatic hydroxyl groups is 1. The van der Waals surface area contributed by atoms with Crippen molar-refractivity contribution >= 4 is 130 Å². The molecule has 10 aromatic heterocycles. The molecule has 5 aromatic carbocycles. The van der Waals surface area contributed by atoms with Gasteiger partial charge in [-0.25, -0.2) is 52.7 Å². The summed E-state index contributed by atoms with van der Waals surface area (Å²) in [5, 5.41) is 30.5. The van der Waals surface area contributed by atoms with Gasteiger partial charge in [0.15, 0.2) is 0 Å². The molecule has 0 saturated heterocycles. The van der Waals surface area contributed by atoms with Gasteiger partial charge in [-0.2, -0.15) is 25.5 Å². The normalized spacial score (nSPS) is 9.69. The molecule has 0 spiro atoms. The first kappa shape index (κ1) is 86.8. The number of hydrogen-bond acceptors (Lipinski definition) is 20. The summed E-state index contributed by atoms with van der Waals surface area (Å²) in [7, 11) is 36.1. The van der Waals surface area contributed by atoms with Crippen molar-refractivity contribution in [3.63, 3.8) is 0 Å². The van der Waals surface area contributed by atoms with Crippen molar-refractivity contribution in [2.45, 2.75) is 6.92 Å². The summed E-state index contributed by atoms with van der Waals surface area (Å²) in [5.74, 6) is 2.86. The fourth-order valence-electron chi connectivity index (χ4n) is 9.48. The quantitative estimate of drug-likeness (QED) is 0.0497. The number of benzene rings is 5. The van der Waals surface area contributed by atoms with Crippen molar-refractivity contribution in [1.82, 2.24) is 48.1 Å². The molecule has 0 amide bonds. The molecule has 0 unspecified atom stereocenters. The fourth-order valence-corrected chi connectivity index (χ4v) is 10.0. The standard InChI is InChI=1S/C14H13N3O.2C13H10BN3O.C13H11N3O.C8H7BrN2O.C7H9N.5CH5N.Al.3ClH.5H2/c1-18-12-8-13(10-2-4-11(15)5-3-10)14-6-7-16-17(14)9-12;2*14-18-11-7-12(9-1-3-10(15)4-2-9)13-5-6-16-17(13)8-11;14-10-3-1-9(2-4-10)12-7-11(17)8-16-13(12)5-6-15-16;1-12-6-4-7(9)8-2-3-10-11(8)5-6;1-6-2-4-7(8)5-3-6;5*1-2;;;;;;;;;/h2-9H,15H2,1H3;2*1-8H,15H2;1-8,17H,14H2;2-5H,1H3;2-5H,8H2,1H3;5*2H2,1H3;;8*1H/q;;;;;;;;;;;+3;;;;;;;;/p-3/i;;;;;;;;;;;;;;;5*1+1. The summed E-state index contributed by atoms with van der Waals surface area (Å²) in [6, 6.07) is 57.4. The second kappa shape index (κ2) is 46.2. The zero-order valence-electron chi connectivity index (χ0n) is 59.2. The average Bonchev–Trinajstić information content (AvgIpc) is 1.60. The van der Waals surface area contributed by atoms with E-state index in [9.17, 15) is 5.11 Å². The number of ether oxygens (including phenoxy) is 2. The van der Waals surface area contributed by atoms with Crippen molar-refractivity contribution in [3.8, 4) is 73.3 Å². The summed E-state index contributed by atoms with van der Waals surface area (Å²) in [6.45, 7) is 2.04. The zero-order valence-corrected chi connectivity index (χ0v) is 64.2. The first-order valence-corrected chi connectivity index (χ1v) is 37.5. The van der Waals surface area contributed by atoms with Crippen LogP contribution in [0.3, 0.4) is 0 Å². The number of halogens is 4. The Balaban J connectivity index is 0. The first-order valence-electron chi connectivity index (χ1n) is 31.5. The highest BCUT2D eigenvalue weighted by Gasteiger charge is 2.12. The van der Waals surface area contributed by atoms with Crippen LogP contribution in [0.1, 0.15) is 12.7 Å². The summed E-state index contributed by atoms with van der Waals surface area (Å²) in [6.07, 6.45) is 17.4. The van der Waals surface area contributed by atoms with Gasteiger partial charge < -0.3 is 81.2 Å². The van der Waals surface area contributed by atoms with E-state index in [4.69, 9.17) is 93.7 Å². The predicted molar refractivity (Wildman–Crippen MR) is 451 cm³/mol. The van der Waals surface area contributed by atoms with E-state index in [-0.39, 0.29) is 12.9 Å². The minimum absolute atomic E-state index is 0. The average molecular weight is 1570 g/mol. The number of fused-ring (bicyclic) bond motifs is 5. The highest BCUT2D eigenvalue weighted by atomic mass is 79.9. The molecular formula is C73H95AlB2BrCl3N20O5. The van der Waals surface area contributed by atoms with E-state index in [0.717, 1.165) is 116 Å². The van der Waals surface area contributed by atoms with Gasteiger partial charge in [0, 0.05) is 62.3 Å². The van der Waals surface area contributed by atoms with Gasteiger partial charge in [0.1, 0.15) is 28.7 Å². The third kappa shape index (κ3) is 25.9. The van der Waals surface area contributed by atoms with E-state index >= 15 is 0 Å². The molecule has 4 radical (unpaired) electrons. The van der Waals surface area contributed by atoms with Crippen LogP contribution in [0, 0.1) is 6.92 Å². The lowest BCUT2D eigenvalue weighted by atomic mass is 10.0. The van der Waals surface area contributed by atoms with Crippen molar-refractivity contribution in [2.75, 3.05) is 78.1 Å². The number of hydrogen-bond donors (Lipinski definition) is 11. The van der Waals surface area contributed by atoms with Crippen LogP contribution >= 0.6 is 46.1 Å². The molecule has 32 heteroatoms. The monoisotopic (exact) mass is 1570 g/mol. The molecular weight excluding hydrogens is 1470 g/mol. The van der Waals surface area contributed by atoms with Gasteiger partial charge in [-0.15, -0.1) is 0 Å². The molecule has 0 saturated carbocycles. The molecule has 21 N–H and O–H groups in total. The minimum Gasteiger partial charge on any atom is -0.567 e. The molecule has 0 aliphatic rings. The topological polar surface area (TPSA) is 404 Å². The second-order valence-electron chi connectivity index (χ2n) is 20.5. The second-order valence-corrected chi connectivity index (χ2v) is 27.8. The van der Waals surface area contributed by atoms with Gasteiger partial charge in [0.2, 0.25) is 0 Å². The molecule has 554 valence electrons. The van der Waals surface area contributed by atoms with E-state index < -0.39 is 11.4 Å². The zero-order chi connectivity index (χ0) is 77.5. The Morgan fingerprint density at radius 1 is 0.362 bits per heavy atom. The molecule has 0 aliphatic heterocycles. The van der Waals surface area contributed by atoms with E-state index in [1.165, 1.54) is 40.8 Å². The SMILES string of the molecule is CN.CN.CN.CN.CN.COc1cc(-c2ccc(N)cc2)c2ccnn2c1.COc1cc(Br)c2ccnn2c1.Cc1ccc(N)cc1.Nc1ccc(-c2cc(O)cn3nccc23)cc1.[2HH].[2HH].[2HH].[2HH].[2HH].[B]Oc1cc(-c2ccc(N)cc2)c2ccnn2c1.[B]Oc1cc(-c2ccc(N)cc2)c2ccnn2c1.[Cl][Al]([Cl])[Cl]. The lowest BCUT2D eigenvalue weighted by Gasteiger charge is -2.08. The van der Waals surface area contributed by atoms with E-state index in [1.54, 1.807) is 87.9 Å². The molecule has 0 fully saturated rings. The van der Waals surface area contributed by atoms with Gasteiger partial charge in [0.05, 0.1) is 104 Å². The number of nitrogens with zero attached hydrogens (tertiary/aromatic N) is 10. The molecule has 105 heavy (non-hydrogen) atoms. The van der Waals surface area contributed by atoms with Gasteiger partial charge >= 0.3 is 27.5 Å². The van der Waals surface area contributed by atoms with Crippen molar-refractivity contribution in [3.05, 3.63) is 254 Å². The smallest absolute Gasteiger partial charge is 0.567 e. The maximum Gasteiger partial charge on any atom is 0.643 e. The Labute approximate surface area is 645 Å². The Morgan fingerprint density at radius 3 is 0.867 bits per heavy atom. The number of nitrogens with two attached hydrogens (primary N) is 10. The highest BCUT2D eigenvalue weighted by Crippen LogP contribution is 2.33. The van der Waals surface area contributed by atoms with Gasteiger partial charge in [-0.3, -0.25) is 0 Å². The number of aromatic nitrogens is 10. The van der Waals surface area contributed by atoms with Crippen LogP contribution in [0.4, 0.5) is 28.4 Å². The van der Waals surface area contributed by atoms with Gasteiger partial charge in [0.25, 0.3) is 0 Å². The Morgan fingerprint density at radius 2 is 0.590 bits per heavy atom. The lowest BCUT2D eigenvalue weighted by molar-refractivity contribution is 0.411. The number of nitrogen functional groups attached to an aromatic ring is 5.